The van der Waals surface area contributed by atoms with Gasteiger partial charge < -0.3 is 0 Å². The van der Waals surface area contributed by atoms with Crippen molar-refractivity contribution in [2.45, 2.75) is 0 Å². The van der Waals surface area contributed by atoms with Crippen LogP contribution < -0.4 is 0 Å². The lowest BCUT2D eigenvalue weighted by Gasteiger charge is -1.95. The number of benzene rings is 1. The van der Waals surface area contributed by atoms with Gasteiger partial charge in [-0.2, -0.15) is 0 Å². The molecule has 66 valence electrons. The molecule has 0 atom stereocenters. The zero-order valence-electron chi connectivity index (χ0n) is 6.89. The lowest BCUT2D eigenvalue weighted by molar-refractivity contribution is 1.22. The third kappa shape index (κ3) is 3.48. The Morgan fingerprint density at radius 3 is 2.92 bits per heavy atom. The van der Waals surface area contributed by atoms with E-state index in [9.17, 15) is 0 Å². The first-order valence-electron chi connectivity index (χ1n) is 3.76. The molecule has 1 aromatic rings. The molecule has 0 fully saturated rings. The molecule has 0 heterocycles. The van der Waals surface area contributed by atoms with Crippen molar-refractivity contribution in [2.24, 2.45) is 5.11 Å². The first kappa shape index (κ1) is 10.1. The number of rotatable bonds is 3. The van der Waals surface area contributed by atoms with Gasteiger partial charge in [-0.1, -0.05) is 35.5 Å². The average Bonchev–Trinajstić information content (AvgIpc) is 2.15. The van der Waals surface area contributed by atoms with Crippen LogP contribution in [0.3, 0.4) is 0 Å². The van der Waals surface area contributed by atoms with Gasteiger partial charge in [-0.05, 0) is 39.8 Å². The van der Waals surface area contributed by atoms with Crippen molar-refractivity contribution in [1.82, 2.24) is 0 Å². The zero-order valence-corrected chi connectivity index (χ0v) is 9.05. The predicted molar refractivity (Wildman–Crippen MR) is 62.2 cm³/mol. The van der Waals surface area contributed by atoms with Crippen LogP contribution in [0.1, 0.15) is 5.56 Å². The summed E-state index contributed by atoms with van der Waals surface area (Å²) in [6.45, 7) is 0.404. The van der Waals surface area contributed by atoms with Gasteiger partial charge in [-0.15, -0.1) is 0 Å². The van der Waals surface area contributed by atoms with E-state index in [0.717, 1.165) is 5.56 Å². The molecule has 1 rings (SSSR count). The molecule has 13 heavy (non-hydrogen) atoms. The molecule has 0 aliphatic carbocycles. The maximum atomic E-state index is 8.04. The molecule has 3 nitrogen and oxygen atoms in total. The molecular weight excluding hydrogens is 277 g/mol. The smallest absolute Gasteiger partial charge is 0.0443 e. The second kappa shape index (κ2) is 5.61. The summed E-state index contributed by atoms with van der Waals surface area (Å²) in [6, 6.07) is 8.03. The molecule has 0 aliphatic heterocycles. The fourth-order valence-corrected chi connectivity index (χ4v) is 1.44. The standard InChI is InChI=1S/C9H8IN3/c10-9-6-2-1-4-8(9)5-3-7-12-13-11/h1-6H,7H2. The Bertz CT molecular complexity index is 354. The number of hydrogen-bond acceptors (Lipinski definition) is 1. The molecule has 0 radical (unpaired) electrons. The van der Waals surface area contributed by atoms with Crippen LogP contribution in [0.2, 0.25) is 0 Å². The van der Waals surface area contributed by atoms with E-state index in [2.05, 4.69) is 32.6 Å². The molecule has 0 saturated heterocycles. The van der Waals surface area contributed by atoms with Crippen molar-refractivity contribution in [2.75, 3.05) is 6.54 Å². The lowest BCUT2D eigenvalue weighted by atomic mass is 10.2. The van der Waals surface area contributed by atoms with Gasteiger partial charge in [0.2, 0.25) is 0 Å². The van der Waals surface area contributed by atoms with Gasteiger partial charge in [-0.3, -0.25) is 0 Å². The van der Waals surface area contributed by atoms with Crippen LogP contribution in [0.25, 0.3) is 16.5 Å². The normalized spacial score (nSPS) is 9.92. The van der Waals surface area contributed by atoms with E-state index >= 15 is 0 Å². The van der Waals surface area contributed by atoms with Gasteiger partial charge in [-0.25, -0.2) is 0 Å². The molecule has 0 bridgehead atoms. The highest BCUT2D eigenvalue weighted by Crippen LogP contribution is 2.12. The largest absolute Gasteiger partial charge is 0.0899 e. The Morgan fingerprint density at radius 1 is 1.46 bits per heavy atom. The van der Waals surface area contributed by atoms with Crippen molar-refractivity contribution in [3.63, 3.8) is 0 Å². The molecular formula is C9H8IN3. The van der Waals surface area contributed by atoms with E-state index in [1.54, 1.807) is 0 Å². The molecule has 0 N–H and O–H groups in total. The Kier molecular flexibility index (Phi) is 4.35. The number of nitrogens with zero attached hydrogens (tertiary/aromatic N) is 3. The van der Waals surface area contributed by atoms with Crippen molar-refractivity contribution in [1.29, 1.82) is 0 Å². The Hall–Kier alpha value is -1.000. The lowest BCUT2D eigenvalue weighted by Crippen LogP contribution is -1.77. The van der Waals surface area contributed by atoms with Crippen molar-refractivity contribution in [3.8, 4) is 0 Å². The Balaban J connectivity index is 2.68. The van der Waals surface area contributed by atoms with Crippen LogP contribution in [0.4, 0.5) is 0 Å². The number of hydrogen-bond donors (Lipinski definition) is 0. The number of azide groups is 1. The van der Waals surface area contributed by atoms with Gasteiger partial charge in [0.05, 0.1) is 0 Å². The molecule has 0 amide bonds. The van der Waals surface area contributed by atoms with E-state index in [0.29, 0.717) is 6.54 Å². The summed E-state index contributed by atoms with van der Waals surface area (Å²) in [5.41, 5.74) is 9.19. The third-order valence-corrected chi connectivity index (χ3v) is 2.44. The van der Waals surface area contributed by atoms with Crippen LogP contribution in [0, 0.1) is 3.57 Å². The van der Waals surface area contributed by atoms with Gasteiger partial charge in [0.25, 0.3) is 0 Å². The second-order valence-corrected chi connectivity index (χ2v) is 3.50. The first-order valence-corrected chi connectivity index (χ1v) is 4.84. The van der Waals surface area contributed by atoms with Crippen molar-refractivity contribution in [3.05, 3.63) is 49.9 Å². The van der Waals surface area contributed by atoms with E-state index in [-0.39, 0.29) is 0 Å². The van der Waals surface area contributed by atoms with E-state index in [1.165, 1.54) is 3.57 Å². The average molecular weight is 285 g/mol. The maximum absolute atomic E-state index is 8.04. The van der Waals surface area contributed by atoms with Crippen LogP contribution in [0.5, 0.6) is 0 Å². The molecule has 0 saturated carbocycles. The topological polar surface area (TPSA) is 48.8 Å². The van der Waals surface area contributed by atoms with Crippen LogP contribution in [0.15, 0.2) is 35.5 Å². The van der Waals surface area contributed by atoms with Gasteiger partial charge in [0.15, 0.2) is 0 Å². The minimum Gasteiger partial charge on any atom is -0.0899 e. The fraction of sp³-hybridized carbons (Fsp3) is 0.111. The van der Waals surface area contributed by atoms with Crippen molar-refractivity contribution < 1.29 is 0 Å². The molecule has 4 heteroatoms. The molecule has 0 spiro atoms. The summed E-state index contributed by atoms with van der Waals surface area (Å²) in [5.74, 6) is 0. The highest BCUT2D eigenvalue weighted by molar-refractivity contribution is 14.1. The molecule has 0 aliphatic rings. The van der Waals surface area contributed by atoms with Gasteiger partial charge in [0.1, 0.15) is 0 Å². The molecule has 0 aromatic heterocycles. The Labute approximate surface area is 90.2 Å². The maximum Gasteiger partial charge on any atom is 0.0443 e. The summed E-state index contributed by atoms with van der Waals surface area (Å²) < 4.78 is 1.19. The summed E-state index contributed by atoms with van der Waals surface area (Å²) >= 11 is 2.27. The fourth-order valence-electron chi connectivity index (χ4n) is 0.874. The van der Waals surface area contributed by atoms with Crippen LogP contribution >= 0.6 is 22.6 Å². The predicted octanol–water partition coefficient (Wildman–Crippen LogP) is 3.61. The zero-order chi connectivity index (χ0) is 9.52. The Morgan fingerprint density at radius 2 is 2.23 bits per heavy atom. The van der Waals surface area contributed by atoms with E-state index < -0.39 is 0 Å². The highest BCUT2D eigenvalue weighted by atomic mass is 127. The minimum absolute atomic E-state index is 0.404. The summed E-state index contributed by atoms with van der Waals surface area (Å²) in [6.07, 6.45) is 3.80. The van der Waals surface area contributed by atoms with Crippen LogP contribution in [-0.2, 0) is 0 Å². The quantitative estimate of drug-likeness (QED) is 0.352. The second-order valence-electron chi connectivity index (χ2n) is 2.34. The first-order chi connectivity index (χ1) is 6.34. The van der Waals surface area contributed by atoms with Crippen LogP contribution in [-0.4, -0.2) is 6.54 Å². The summed E-state index contributed by atoms with van der Waals surface area (Å²) in [4.78, 5) is 2.66. The van der Waals surface area contributed by atoms with E-state index in [1.807, 2.05) is 36.4 Å². The van der Waals surface area contributed by atoms with Gasteiger partial charge >= 0.3 is 0 Å². The molecule has 0 unspecified atom stereocenters. The molecule has 1 aromatic carbocycles. The summed E-state index contributed by atoms with van der Waals surface area (Å²) in [5, 5.41) is 3.41. The monoisotopic (exact) mass is 285 g/mol. The highest BCUT2D eigenvalue weighted by Gasteiger charge is 1.90. The minimum atomic E-state index is 0.404. The van der Waals surface area contributed by atoms with E-state index in [4.69, 9.17) is 5.53 Å². The third-order valence-electron chi connectivity index (χ3n) is 1.45. The van der Waals surface area contributed by atoms with Gasteiger partial charge in [0, 0.05) is 15.0 Å². The summed E-state index contributed by atoms with van der Waals surface area (Å²) in [7, 11) is 0. The van der Waals surface area contributed by atoms with Crippen molar-refractivity contribution >= 4 is 28.7 Å². The SMILES string of the molecule is [N-]=[N+]=NCC=Cc1ccccc1I. The number of halogens is 1.